The van der Waals surface area contributed by atoms with Crippen LogP contribution >= 0.6 is 11.3 Å². The number of aliphatic hydroxyl groups is 1. The number of nitrogen functional groups attached to an aromatic ring is 1. The molecule has 3 aliphatic heterocycles. The van der Waals surface area contributed by atoms with Crippen molar-refractivity contribution >= 4 is 17.3 Å². The third kappa shape index (κ3) is 4.66. The highest BCUT2D eigenvalue weighted by Gasteiger charge is 2.25. The van der Waals surface area contributed by atoms with Crippen LogP contribution in [0.5, 0.6) is 0 Å². The average molecular weight is 406 g/mol. The number of nitrogens with two attached hydrogens (primary N) is 1. The maximum absolute atomic E-state index is 8.78. The van der Waals surface area contributed by atoms with Gasteiger partial charge in [0.05, 0.1) is 47.2 Å². The van der Waals surface area contributed by atoms with Crippen LogP contribution in [0.2, 0.25) is 0 Å². The fourth-order valence-electron chi connectivity index (χ4n) is 3.60. The second-order valence-corrected chi connectivity index (χ2v) is 8.35. The highest BCUT2D eigenvalue weighted by atomic mass is 32.1. The van der Waals surface area contributed by atoms with Crippen molar-refractivity contribution in [3.63, 3.8) is 0 Å². The number of nitrogens with zero attached hydrogens (tertiary/aromatic N) is 3. The van der Waals surface area contributed by atoms with E-state index in [1.165, 1.54) is 5.01 Å². The number of piperidine rings is 1. The van der Waals surface area contributed by atoms with Crippen LogP contribution < -0.4 is 11.1 Å². The van der Waals surface area contributed by atoms with E-state index in [0.29, 0.717) is 31.7 Å². The Morgan fingerprint density at radius 3 is 2.71 bits per heavy atom. The lowest BCUT2D eigenvalue weighted by molar-refractivity contribution is -0.00535. The number of nitrogens with one attached hydrogen (secondary N) is 1. The van der Waals surface area contributed by atoms with E-state index in [0.717, 1.165) is 67.2 Å². The van der Waals surface area contributed by atoms with Crippen LogP contribution in [0.25, 0.3) is 10.6 Å². The maximum atomic E-state index is 8.78. The molecule has 5 rings (SSSR count). The van der Waals surface area contributed by atoms with E-state index in [-0.39, 0.29) is 6.10 Å². The van der Waals surface area contributed by atoms with Crippen molar-refractivity contribution in [3.8, 4) is 10.6 Å². The van der Waals surface area contributed by atoms with E-state index in [4.69, 9.17) is 25.3 Å². The smallest absolute Gasteiger partial charge is 0.220 e. The zero-order chi connectivity index (χ0) is 19.3. The first kappa shape index (κ1) is 19.7. The Hall–Kier alpha value is -1.65. The topological polar surface area (TPSA) is 115 Å². The van der Waals surface area contributed by atoms with Crippen molar-refractivity contribution < 1.29 is 14.6 Å². The molecule has 1 atom stereocenters. The molecule has 8 nitrogen and oxygen atoms in total. The van der Waals surface area contributed by atoms with Gasteiger partial charge in [-0.15, -0.1) is 11.3 Å². The molecule has 9 heteroatoms. The van der Waals surface area contributed by atoms with Gasteiger partial charge in [-0.2, -0.15) is 0 Å². The van der Waals surface area contributed by atoms with Crippen LogP contribution in [0.1, 0.15) is 47.9 Å². The number of ether oxygens (including phenoxy) is 2. The van der Waals surface area contributed by atoms with Crippen LogP contribution in [-0.2, 0) is 22.7 Å². The lowest BCUT2D eigenvalue weighted by Crippen LogP contribution is -2.26. The minimum atomic E-state index is -0.186. The van der Waals surface area contributed by atoms with Crippen molar-refractivity contribution in [3.05, 3.63) is 22.5 Å². The van der Waals surface area contributed by atoms with Gasteiger partial charge in [0.2, 0.25) is 5.95 Å². The maximum Gasteiger partial charge on any atom is 0.220 e. The molecular weight excluding hydrogens is 378 g/mol. The Morgan fingerprint density at radius 1 is 1.14 bits per heavy atom. The van der Waals surface area contributed by atoms with Crippen molar-refractivity contribution in [2.24, 2.45) is 0 Å². The molecule has 0 aliphatic carbocycles. The van der Waals surface area contributed by atoms with Crippen molar-refractivity contribution in [1.29, 1.82) is 0 Å². The largest absolute Gasteiger partial charge is 0.391 e. The summed E-state index contributed by atoms with van der Waals surface area (Å²) in [6, 6.07) is 0. The SMILES string of the molecule is Nc1ncc2c(n1)-c1sc(C3CCNCC3)nc1COC2.OC1CCCOC1. The lowest BCUT2D eigenvalue weighted by atomic mass is 9.99. The number of hydrogen-bond donors (Lipinski definition) is 3. The number of fused-ring (bicyclic) bond motifs is 3. The number of thiazole rings is 1. The summed E-state index contributed by atoms with van der Waals surface area (Å²) >= 11 is 1.74. The van der Waals surface area contributed by atoms with Crippen LogP contribution in [0.3, 0.4) is 0 Å². The Labute approximate surface area is 168 Å². The molecule has 2 fully saturated rings. The Bertz CT molecular complexity index is 788. The van der Waals surface area contributed by atoms with Crippen LogP contribution in [0.4, 0.5) is 5.95 Å². The first-order chi connectivity index (χ1) is 13.7. The van der Waals surface area contributed by atoms with Crippen LogP contribution in [0.15, 0.2) is 6.20 Å². The summed E-state index contributed by atoms with van der Waals surface area (Å²) in [7, 11) is 0. The highest BCUT2D eigenvalue weighted by Crippen LogP contribution is 2.39. The summed E-state index contributed by atoms with van der Waals surface area (Å²) in [5, 5.41) is 13.4. The van der Waals surface area contributed by atoms with Crippen molar-refractivity contribution in [1.82, 2.24) is 20.3 Å². The van der Waals surface area contributed by atoms with Gasteiger partial charge in [-0.25, -0.2) is 15.0 Å². The molecule has 0 spiro atoms. The van der Waals surface area contributed by atoms with Gasteiger partial charge in [-0.3, -0.25) is 0 Å². The molecule has 0 amide bonds. The summed E-state index contributed by atoms with van der Waals surface area (Å²) in [4.78, 5) is 14.4. The van der Waals surface area contributed by atoms with Crippen LogP contribution in [-0.4, -0.2) is 52.5 Å². The Kier molecular flexibility index (Phi) is 6.48. The number of anilines is 1. The van der Waals surface area contributed by atoms with Crippen LogP contribution in [0, 0.1) is 0 Å². The van der Waals surface area contributed by atoms with E-state index in [1.807, 2.05) is 0 Å². The van der Waals surface area contributed by atoms with Gasteiger partial charge < -0.3 is 25.6 Å². The minimum Gasteiger partial charge on any atom is -0.391 e. The Balaban J connectivity index is 0.000000233. The summed E-state index contributed by atoms with van der Waals surface area (Å²) < 4.78 is 10.6. The third-order valence-electron chi connectivity index (χ3n) is 5.13. The van der Waals surface area contributed by atoms with Gasteiger partial charge in [0, 0.05) is 24.3 Å². The van der Waals surface area contributed by atoms with E-state index in [9.17, 15) is 0 Å². The van der Waals surface area contributed by atoms with E-state index in [1.54, 1.807) is 17.5 Å². The zero-order valence-electron chi connectivity index (χ0n) is 15.9. The first-order valence-electron chi connectivity index (χ1n) is 9.86. The lowest BCUT2D eigenvalue weighted by Gasteiger charge is -2.20. The number of aliphatic hydroxyl groups excluding tert-OH is 1. The minimum absolute atomic E-state index is 0.186. The van der Waals surface area contributed by atoms with E-state index < -0.39 is 0 Å². The van der Waals surface area contributed by atoms with Gasteiger partial charge in [0.15, 0.2) is 0 Å². The predicted octanol–water partition coefficient (Wildman–Crippen LogP) is 1.84. The molecule has 1 unspecified atom stereocenters. The molecule has 0 saturated carbocycles. The third-order valence-corrected chi connectivity index (χ3v) is 6.40. The van der Waals surface area contributed by atoms with Gasteiger partial charge in [-0.05, 0) is 38.8 Å². The van der Waals surface area contributed by atoms with Gasteiger partial charge in [-0.1, -0.05) is 0 Å². The molecule has 0 aromatic carbocycles. The van der Waals surface area contributed by atoms with E-state index in [2.05, 4.69) is 15.3 Å². The molecule has 2 aromatic heterocycles. The number of rotatable bonds is 1. The summed E-state index contributed by atoms with van der Waals surface area (Å²) in [5.41, 5.74) is 8.63. The average Bonchev–Trinajstić information content (AvgIpc) is 3.08. The molecule has 0 bridgehead atoms. The Morgan fingerprint density at radius 2 is 2.00 bits per heavy atom. The quantitative estimate of drug-likeness (QED) is 0.658. The van der Waals surface area contributed by atoms with Crippen molar-refractivity contribution in [2.45, 2.75) is 50.9 Å². The summed E-state index contributed by atoms with van der Waals surface area (Å²) in [6.07, 6.45) is 5.80. The molecular formula is C19H27N5O3S. The molecule has 2 saturated heterocycles. The fraction of sp³-hybridized carbons (Fsp3) is 0.632. The fourth-order valence-corrected chi connectivity index (χ4v) is 4.86. The molecule has 0 radical (unpaired) electrons. The molecule has 28 heavy (non-hydrogen) atoms. The normalized spacial score (nSPS) is 22.4. The van der Waals surface area contributed by atoms with Gasteiger partial charge >= 0.3 is 0 Å². The molecule has 4 N–H and O–H groups in total. The number of aromatic nitrogens is 3. The van der Waals surface area contributed by atoms with Crippen molar-refractivity contribution in [2.75, 3.05) is 32.0 Å². The van der Waals surface area contributed by atoms with Gasteiger partial charge in [0.1, 0.15) is 0 Å². The summed E-state index contributed by atoms with van der Waals surface area (Å²) in [5.74, 6) is 0.851. The second kappa shape index (κ2) is 9.23. The molecule has 2 aromatic rings. The standard InChI is InChI=1S/C14H17N5OS.C5H10O2/c15-14-17-5-9-6-20-7-10-12(11(9)19-14)21-13(18-10)8-1-3-16-4-2-8;6-5-2-1-3-7-4-5/h5,8,16H,1-4,6-7H2,(H2,15,17,19);5-6H,1-4H2. The number of hydrogen-bond acceptors (Lipinski definition) is 9. The predicted molar refractivity (Wildman–Crippen MR) is 107 cm³/mol. The second-order valence-electron chi connectivity index (χ2n) is 7.32. The zero-order valence-corrected chi connectivity index (χ0v) is 16.7. The van der Waals surface area contributed by atoms with Gasteiger partial charge in [0.25, 0.3) is 0 Å². The molecule has 152 valence electrons. The highest BCUT2D eigenvalue weighted by molar-refractivity contribution is 7.15. The molecule has 5 heterocycles. The first-order valence-corrected chi connectivity index (χ1v) is 10.7. The monoisotopic (exact) mass is 405 g/mol. The molecule has 3 aliphatic rings. The summed E-state index contributed by atoms with van der Waals surface area (Å²) in [6.45, 7) is 4.56. The van der Waals surface area contributed by atoms with E-state index >= 15 is 0 Å².